The summed E-state index contributed by atoms with van der Waals surface area (Å²) in [5, 5.41) is 18.7. The van der Waals surface area contributed by atoms with E-state index in [9.17, 15) is 5.11 Å². The van der Waals surface area contributed by atoms with Crippen LogP contribution in [0.25, 0.3) is 11.1 Å². The third-order valence-corrected chi connectivity index (χ3v) is 9.71. The van der Waals surface area contributed by atoms with E-state index < -0.39 is 6.29 Å². The highest BCUT2D eigenvalue weighted by Crippen LogP contribution is 2.45. The lowest BCUT2D eigenvalue weighted by Crippen LogP contribution is -2.25. The molecule has 2 saturated carbocycles. The molecule has 2 aromatic carbocycles. The van der Waals surface area contributed by atoms with Gasteiger partial charge in [-0.15, -0.1) is 0 Å². The summed E-state index contributed by atoms with van der Waals surface area (Å²) in [7, 11) is 0. The molecule has 4 heteroatoms. The lowest BCUT2D eigenvalue weighted by atomic mass is 9.68. The number of ether oxygens (including phenoxy) is 1. The number of benzene rings is 2. The second-order valence-electron chi connectivity index (χ2n) is 12.5. The van der Waals surface area contributed by atoms with E-state index in [1.807, 2.05) is 30.3 Å². The molecule has 1 atom stereocenters. The zero-order valence-corrected chi connectivity index (χ0v) is 24.6. The van der Waals surface area contributed by atoms with Crippen LogP contribution in [0.15, 0.2) is 54.6 Å². The molecule has 220 valence electrons. The SMILES string of the molecule is C=C(CO)C(O)OCCCc1ccc(-c2ccc(C3CCC(C4CCC(CCCCC)CC4)CC3)cc2F)cc1. The zero-order valence-electron chi connectivity index (χ0n) is 24.6. The molecular formula is C36H51FO3. The van der Waals surface area contributed by atoms with Gasteiger partial charge in [0.1, 0.15) is 5.82 Å². The van der Waals surface area contributed by atoms with Crippen LogP contribution in [0.3, 0.4) is 0 Å². The Kier molecular flexibility index (Phi) is 12.3. The maximum atomic E-state index is 15.3. The van der Waals surface area contributed by atoms with E-state index in [4.69, 9.17) is 9.84 Å². The van der Waals surface area contributed by atoms with Crippen molar-refractivity contribution in [1.82, 2.24) is 0 Å². The predicted molar refractivity (Wildman–Crippen MR) is 163 cm³/mol. The summed E-state index contributed by atoms with van der Waals surface area (Å²) in [6, 6.07) is 14.0. The number of aliphatic hydroxyl groups excluding tert-OH is 2. The maximum absolute atomic E-state index is 15.3. The van der Waals surface area contributed by atoms with Gasteiger partial charge in [-0.3, -0.25) is 0 Å². The van der Waals surface area contributed by atoms with Crippen LogP contribution in [0, 0.1) is 23.6 Å². The van der Waals surface area contributed by atoms with Gasteiger partial charge in [0.15, 0.2) is 6.29 Å². The average Bonchev–Trinajstić information content (AvgIpc) is 2.99. The molecule has 0 aliphatic heterocycles. The second-order valence-corrected chi connectivity index (χ2v) is 12.5. The molecular weight excluding hydrogens is 499 g/mol. The van der Waals surface area contributed by atoms with Crippen LogP contribution in [-0.4, -0.2) is 29.7 Å². The van der Waals surface area contributed by atoms with E-state index in [1.165, 1.54) is 82.6 Å². The molecule has 2 aliphatic carbocycles. The van der Waals surface area contributed by atoms with Gasteiger partial charge in [0.25, 0.3) is 0 Å². The molecule has 0 bridgehead atoms. The monoisotopic (exact) mass is 550 g/mol. The Morgan fingerprint density at radius 3 is 2.23 bits per heavy atom. The summed E-state index contributed by atoms with van der Waals surface area (Å²) in [5.41, 5.74) is 4.13. The van der Waals surface area contributed by atoms with Gasteiger partial charge in [-0.05, 0) is 97.8 Å². The normalized spacial score (nSPS) is 24.1. The van der Waals surface area contributed by atoms with Crippen molar-refractivity contribution in [2.45, 2.75) is 109 Å². The van der Waals surface area contributed by atoms with Crippen molar-refractivity contribution < 1.29 is 19.3 Å². The maximum Gasteiger partial charge on any atom is 0.179 e. The summed E-state index contributed by atoms with van der Waals surface area (Å²) in [6.45, 7) is 5.94. The third-order valence-electron chi connectivity index (χ3n) is 9.71. The first-order chi connectivity index (χ1) is 19.5. The van der Waals surface area contributed by atoms with Crippen LogP contribution in [0.2, 0.25) is 0 Å². The first-order valence-electron chi connectivity index (χ1n) is 15.9. The Hall–Kier alpha value is -2.01. The third kappa shape index (κ3) is 8.74. The van der Waals surface area contributed by atoms with Crippen molar-refractivity contribution in [2.24, 2.45) is 17.8 Å². The number of rotatable bonds is 14. The molecule has 0 heterocycles. The van der Waals surface area contributed by atoms with Gasteiger partial charge < -0.3 is 14.9 Å². The molecule has 4 rings (SSSR count). The van der Waals surface area contributed by atoms with Gasteiger partial charge in [0.2, 0.25) is 0 Å². The molecule has 0 aromatic heterocycles. The van der Waals surface area contributed by atoms with Crippen LogP contribution in [0.5, 0.6) is 0 Å². The minimum absolute atomic E-state index is 0.125. The molecule has 0 radical (unpaired) electrons. The summed E-state index contributed by atoms with van der Waals surface area (Å²) in [4.78, 5) is 0. The van der Waals surface area contributed by atoms with Gasteiger partial charge in [0.05, 0.1) is 13.2 Å². The largest absolute Gasteiger partial charge is 0.392 e. The first-order valence-corrected chi connectivity index (χ1v) is 15.9. The van der Waals surface area contributed by atoms with Crippen LogP contribution < -0.4 is 0 Å². The van der Waals surface area contributed by atoms with E-state index in [1.54, 1.807) is 6.07 Å². The first kappa shape index (κ1) is 30.9. The van der Waals surface area contributed by atoms with Crippen LogP contribution in [-0.2, 0) is 11.2 Å². The Balaban J connectivity index is 1.22. The summed E-state index contributed by atoms with van der Waals surface area (Å²) in [6.07, 6.45) is 16.8. The van der Waals surface area contributed by atoms with Crippen molar-refractivity contribution in [1.29, 1.82) is 0 Å². The second kappa shape index (κ2) is 15.8. The van der Waals surface area contributed by atoms with Crippen molar-refractivity contribution in [3.63, 3.8) is 0 Å². The van der Waals surface area contributed by atoms with Crippen LogP contribution in [0.4, 0.5) is 4.39 Å². The highest BCUT2D eigenvalue weighted by atomic mass is 19.1. The Morgan fingerprint density at radius 1 is 0.925 bits per heavy atom. The number of halogens is 1. The lowest BCUT2D eigenvalue weighted by Gasteiger charge is -2.38. The highest BCUT2D eigenvalue weighted by Gasteiger charge is 2.31. The number of aliphatic hydroxyl groups is 2. The van der Waals surface area contributed by atoms with E-state index in [-0.39, 0.29) is 18.0 Å². The van der Waals surface area contributed by atoms with E-state index >= 15 is 4.39 Å². The van der Waals surface area contributed by atoms with Gasteiger partial charge in [-0.25, -0.2) is 4.39 Å². The molecule has 0 spiro atoms. The van der Waals surface area contributed by atoms with Crippen molar-refractivity contribution in [3.8, 4) is 11.1 Å². The minimum atomic E-state index is -1.13. The quantitative estimate of drug-likeness (QED) is 0.140. The Labute approximate surface area is 241 Å². The predicted octanol–water partition coefficient (Wildman–Crippen LogP) is 8.97. The molecule has 1 unspecified atom stereocenters. The summed E-state index contributed by atoms with van der Waals surface area (Å²) < 4.78 is 20.5. The zero-order chi connectivity index (χ0) is 28.3. The molecule has 40 heavy (non-hydrogen) atoms. The topological polar surface area (TPSA) is 49.7 Å². The lowest BCUT2D eigenvalue weighted by molar-refractivity contribution is -0.0769. The number of hydrogen-bond acceptors (Lipinski definition) is 3. The smallest absolute Gasteiger partial charge is 0.179 e. The molecule has 2 N–H and O–H groups in total. The summed E-state index contributed by atoms with van der Waals surface area (Å²) >= 11 is 0. The number of aryl methyl sites for hydroxylation is 1. The molecule has 3 nitrogen and oxygen atoms in total. The van der Waals surface area contributed by atoms with Crippen LogP contribution in [0.1, 0.15) is 107 Å². The Morgan fingerprint density at radius 2 is 1.60 bits per heavy atom. The van der Waals surface area contributed by atoms with Gasteiger partial charge in [-0.1, -0.05) is 88.4 Å². The standard InChI is InChI=1S/C36H51FO3/c1-3-4-5-7-27-9-13-29(14-10-27)30-17-19-31(20-18-30)33-21-22-34(35(37)24-33)32-15-11-28(12-16-32)8-6-23-40-36(39)26(2)25-38/h11-12,15-16,21-22,24,27,29-31,36,38-39H,2-10,13-14,17-20,23,25H2,1H3. The van der Waals surface area contributed by atoms with Crippen molar-refractivity contribution >= 4 is 0 Å². The number of hydrogen-bond donors (Lipinski definition) is 2. The molecule has 2 fully saturated rings. The fraction of sp³-hybridized carbons (Fsp3) is 0.611. The van der Waals surface area contributed by atoms with Crippen LogP contribution >= 0.6 is 0 Å². The van der Waals surface area contributed by atoms with Gasteiger partial charge in [0, 0.05) is 11.1 Å². The van der Waals surface area contributed by atoms with E-state index in [2.05, 4.69) is 19.6 Å². The minimum Gasteiger partial charge on any atom is -0.392 e. The molecule has 0 amide bonds. The average molecular weight is 551 g/mol. The molecule has 2 aliphatic rings. The summed E-state index contributed by atoms with van der Waals surface area (Å²) in [5.74, 6) is 3.15. The van der Waals surface area contributed by atoms with E-state index in [0.717, 1.165) is 41.7 Å². The Bertz CT molecular complexity index is 1030. The van der Waals surface area contributed by atoms with Gasteiger partial charge in [-0.2, -0.15) is 0 Å². The van der Waals surface area contributed by atoms with Crippen molar-refractivity contribution in [2.75, 3.05) is 13.2 Å². The fourth-order valence-electron chi connectivity index (χ4n) is 7.09. The highest BCUT2D eigenvalue weighted by molar-refractivity contribution is 5.65. The molecule has 2 aromatic rings. The fourth-order valence-corrected chi connectivity index (χ4v) is 7.09. The van der Waals surface area contributed by atoms with E-state index in [0.29, 0.717) is 18.1 Å². The molecule has 0 saturated heterocycles. The number of unbranched alkanes of at least 4 members (excludes halogenated alkanes) is 2. The van der Waals surface area contributed by atoms with Crippen molar-refractivity contribution in [3.05, 3.63) is 71.6 Å². The van der Waals surface area contributed by atoms with Gasteiger partial charge >= 0.3 is 0 Å².